The summed E-state index contributed by atoms with van der Waals surface area (Å²) in [5, 5.41) is 8.02. The second-order valence-corrected chi connectivity index (χ2v) is 7.87. The lowest BCUT2D eigenvalue weighted by Gasteiger charge is -2.21. The molecule has 1 aromatic carbocycles. The van der Waals surface area contributed by atoms with E-state index in [1.165, 1.54) is 6.92 Å². The van der Waals surface area contributed by atoms with Crippen molar-refractivity contribution in [2.45, 2.75) is 64.6 Å². The predicted octanol–water partition coefficient (Wildman–Crippen LogP) is 2.79. The first-order valence-electron chi connectivity index (χ1n) is 11.0. The van der Waals surface area contributed by atoms with Crippen molar-refractivity contribution in [1.82, 2.24) is 20.9 Å². The lowest BCUT2D eigenvalue weighted by Crippen LogP contribution is -2.52. The number of amides is 3. The van der Waals surface area contributed by atoms with E-state index in [0.29, 0.717) is 13.0 Å². The summed E-state index contributed by atoms with van der Waals surface area (Å²) >= 11 is 0. The fourth-order valence-electron chi connectivity index (χ4n) is 3.23. The Labute approximate surface area is 192 Å². The molecule has 33 heavy (non-hydrogen) atoms. The standard InChI is InChI=1S/C24H30F2N4O3/c1-3-4-5-6-21(24(33)28-15-17-7-9-27-10-8-17)30-23(32)16(2)29-22(31)13-18-11-19(25)14-20(26)12-18/h7-12,14,16,21H,3-6,13,15H2,1-2H3,(H,28,33)(H,29,31)(H,30,32)/t16-,21-/m0/s1. The topological polar surface area (TPSA) is 100 Å². The third-order valence-corrected chi connectivity index (χ3v) is 5.00. The first-order valence-corrected chi connectivity index (χ1v) is 11.0. The average molecular weight is 461 g/mol. The Morgan fingerprint density at radius 1 is 0.939 bits per heavy atom. The number of hydrogen-bond acceptors (Lipinski definition) is 4. The van der Waals surface area contributed by atoms with Crippen LogP contribution in [0.3, 0.4) is 0 Å². The van der Waals surface area contributed by atoms with Gasteiger partial charge in [-0.1, -0.05) is 26.2 Å². The van der Waals surface area contributed by atoms with E-state index in [2.05, 4.69) is 20.9 Å². The molecule has 2 rings (SSSR count). The number of unbranched alkanes of at least 4 members (excludes halogenated alkanes) is 2. The largest absolute Gasteiger partial charge is 0.350 e. The van der Waals surface area contributed by atoms with E-state index in [0.717, 1.165) is 43.0 Å². The SMILES string of the molecule is CCCCC[C@H](NC(=O)[C@H](C)NC(=O)Cc1cc(F)cc(F)c1)C(=O)NCc1ccncc1. The van der Waals surface area contributed by atoms with E-state index in [1.54, 1.807) is 24.5 Å². The lowest BCUT2D eigenvalue weighted by molar-refractivity contribution is -0.131. The smallest absolute Gasteiger partial charge is 0.242 e. The summed E-state index contributed by atoms with van der Waals surface area (Å²) in [6.45, 7) is 3.83. The zero-order valence-electron chi connectivity index (χ0n) is 18.9. The highest BCUT2D eigenvalue weighted by Crippen LogP contribution is 2.09. The molecule has 0 spiro atoms. The monoisotopic (exact) mass is 460 g/mol. The first-order chi connectivity index (χ1) is 15.8. The molecule has 3 amide bonds. The molecule has 0 saturated heterocycles. The Morgan fingerprint density at radius 3 is 2.24 bits per heavy atom. The molecular weight excluding hydrogens is 430 g/mol. The Kier molecular flexibility index (Phi) is 10.4. The van der Waals surface area contributed by atoms with Gasteiger partial charge < -0.3 is 16.0 Å². The minimum atomic E-state index is -0.933. The van der Waals surface area contributed by atoms with E-state index in [9.17, 15) is 23.2 Å². The Morgan fingerprint density at radius 2 is 1.61 bits per heavy atom. The van der Waals surface area contributed by atoms with Crippen molar-refractivity contribution in [1.29, 1.82) is 0 Å². The van der Waals surface area contributed by atoms with E-state index < -0.39 is 35.5 Å². The molecule has 1 aromatic heterocycles. The molecule has 0 aliphatic heterocycles. The van der Waals surface area contributed by atoms with E-state index >= 15 is 0 Å². The van der Waals surface area contributed by atoms with Crippen molar-refractivity contribution < 1.29 is 23.2 Å². The molecular formula is C24H30F2N4O3. The van der Waals surface area contributed by atoms with Gasteiger partial charge in [0, 0.05) is 25.0 Å². The van der Waals surface area contributed by atoms with Crippen LogP contribution in [0.25, 0.3) is 0 Å². The van der Waals surface area contributed by atoms with Crippen LogP contribution in [0.1, 0.15) is 50.7 Å². The molecule has 3 N–H and O–H groups in total. The summed E-state index contributed by atoms with van der Waals surface area (Å²) in [5.41, 5.74) is 1.04. The quantitative estimate of drug-likeness (QED) is 0.424. The lowest BCUT2D eigenvalue weighted by atomic mass is 10.1. The third-order valence-electron chi connectivity index (χ3n) is 5.00. The molecule has 0 unspecified atom stereocenters. The number of carbonyl (C=O) groups is 3. The predicted molar refractivity (Wildman–Crippen MR) is 120 cm³/mol. The van der Waals surface area contributed by atoms with E-state index in [1.807, 2.05) is 6.92 Å². The van der Waals surface area contributed by atoms with Crippen LogP contribution >= 0.6 is 0 Å². The summed E-state index contributed by atoms with van der Waals surface area (Å²) in [7, 11) is 0. The highest BCUT2D eigenvalue weighted by atomic mass is 19.1. The van der Waals surface area contributed by atoms with Gasteiger partial charge in [0.1, 0.15) is 23.7 Å². The molecule has 2 aromatic rings. The van der Waals surface area contributed by atoms with Crippen LogP contribution in [0.2, 0.25) is 0 Å². The number of aromatic nitrogens is 1. The number of halogens is 2. The third kappa shape index (κ3) is 9.34. The van der Waals surface area contributed by atoms with Gasteiger partial charge >= 0.3 is 0 Å². The van der Waals surface area contributed by atoms with Crippen molar-refractivity contribution in [3.63, 3.8) is 0 Å². The highest BCUT2D eigenvalue weighted by Gasteiger charge is 2.24. The second-order valence-electron chi connectivity index (χ2n) is 7.87. The number of benzene rings is 1. The maximum Gasteiger partial charge on any atom is 0.242 e. The summed E-state index contributed by atoms with van der Waals surface area (Å²) in [6, 6.07) is 4.73. The minimum Gasteiger partial charge on any atom is -0.350 e. The molecule has 0 bridgehead atoms. The fraction of sp³-hybridized carbons (Fsp3) is 0.417. The van der Waals surface area contributed by atoms with Gasteiger partial charge in [-0.2, -0.15) is 0 Å². The maximum atomic E-state index is 13.3. The number of nitrogens with one attached hydrogen (secondary N) is 3. The highest BCUT2D eigenvalue weighted by molar-refractivity contribution is 5.92. The summed E-state index contributed by atoms with van der Waals surface area (Å²) < 4.78 is 26.6. The molecule has 1 heterocycles. The first kappa shape index (κ1) is 25.9. The van der Waals surface area contributed by atoms with Gasteiger partial charge in [0.05, 0.1) is 6.42 Å². The second kappa shape index (κ2) is 13.2. The Balaban J connectivity index is 1.92. The van der Waals surface area contributed by atoms with E-state index in [4.69, 9.17) is 0 Å². The zero-order chi connectivity index (χ0) is 24.2. The molecule has 0 radical (unpaired) electrons. The van der Waals surface area contributed by atoms with Crippen LogP contribution in [-0.2, 0) is 27.3 Å². The van der Waals surface area contributed by atoms with Crippen molar-refractivity contribution in [3.8, 4) is 0 Å². The van der Waals surface area contributed by atoms with Gasteiger partial charge in [-0.05, 0) is 48.7 Å². The van der Waals surface area contributed by atoms with Crippen molar-refractivity contribution in [2.75, 3.05) is 0 Å². The maximum absolute atomic E-state index is 13.3. The molecule has 0 aliphatic carbocycles. The van der Waals surface area contributed by atoms with Crippen LogP contribution < -0.4 is 16.0 Å². The van der Waals surface area contributed by atoms with Crippen LogP contribution in [0.5, 0.6) is 0 Å². The van der Waals surface area contributed by atoms with Crippen molar-refractivity contribution in [3.05, 3.63) is 65.5 Å². The summed E-state index contributed by atoms with van der Waals surface area (Å²) in [6.07, 6.45) is 6.09. The van der Waals surface area contributed by atoms with Gasteiger partial charge in [0.2, 0.25) is 17.7 Å². The normalized spacial score (nSPS) is 12.5. The fourth-order valence-corrected chi connectivity index (χ4v) is 3.23. The van der Waals surface area contributed by atoms with Gasteiger partial charge in [-0.3, -0.25) is 19.4 Å². The van der Waals surface area contributed by atoms with Crippen molar-refractivity contribution in [2.24, 2.45) is 0 Å². The number of hydrogen-bond donors (Lipinski definition) is 3. The Hall–Kier alpha value is -3.36. The minimum absolute atomic E-state index is 0.158. The van der Waals surface area contributed by atoms with Crippen LogP contribution in [0.15, 0.2) is 42.7 Å². The van der Waals surface area contributed by atoms with Gasteiger partial charge in [0.25, 0.3) is 0 Å². The molecule has 2 atom stereocenters. The molecule has 9 heteroatoms. The summed E-state index contributed by atoms with van der Waals surface area (Å²) in [5.74, 6) is -2.96. The molecule has 7 nitrogen and oxygen atoms in total. The van der Waals surface area contributed by atoms with Crippen LogP contribution in [-0.4, -0.2) is 34.8 Å². The number of carbonyl (C=O) groups excluding carboxylic acids is 3. The number of pyridine rings is 1. The molecule has 0 saturated carbocycles. The molecule has 178 valence electrons. The van der Waals surface area contributed by atoms with Crippen LogP contribution in [0, 0.1) is 11.6 Å². The zero-order valence-corrected chi connectivity index (χ0v) is 18.9. The molecule has 0 fully saturated rings. The van der Waals surface area contributed by atoms with Gasteiger partial charge in [0.15, 0.2) is 0 Å². The number of rotatable bonds is 12. The van der Waals surface area contributed by atoms with Gasteiger partial charge in [-0.15, -0.1) is 0 Å². The van der Waals surface area contributed by atoms with Gasteiger partial charge in [-0.25, -0.2) is 8.78 Å². The number of nitrogens with zero attached hydrogens (tertiary/aromatic N) is 1. The molecule has 0 aliphatic rings. The van der Waals surface area contributed by atoms with E-state index in [-0.39, 0.29) is 17.9 Å². The van der Waals surface area contributed by atoms with Crippen LogP contribution in [0.4, 0.5) is 8.78 Å². The summed E-state index contributed by atoms with van der Waals surface area (Å²) in [4.78, 5) is 41.5. The average Bonchev–Trinajstić information content (AvgIpc) is 2.76. The van der Waals surface area contributed by atoms with Crippen molar-refractivity contribution >= 4 is 17.7 Å². The Bertz CT molecular complexity index is 920.